The molecule has 0 aliphatic heterocycles. The SMILES string of the molecule is COC(=O)c1ccccc1O.[CH3][Na]. The van der Waals surface area contributed by atoms with Crippen LogP contribution in [-0.4, -0.2) is 46.1 Å². The molecule has 4 heteroatoms. The standard InChI is InChI=1S/C8H8O3.CH3.Na/c1-11-8(10)6-4-2-3-5-7(6)9;;/h2-5,9H,1H3;1H3;. The fourth-order valence-electron chi connectivity index (χ4n) is 0.756. The second kappa shape index (κ2) is 6.95. The zero-order valence-corrected chi connectivity index (χ0v) is 10.1. The van der Waals surface area contributed by atoms with E-state index in [4.69, 9.17) is 5.11 Å². The summed E-state index contributed by atoms with van der Waals surface area (Å²) in [5, 5.41) is 9.11. The first-order valence-corrected chi connectivity index (χ1v) is 6.12. The van der Waals surface area contributed by atoms with Gasteiger partial charge < -0.3 is 9.84 Å². The monoisotopic (exact) mass is 190 g/mol. The Kier molecular flexibility index (Phi) is 6.68. The Hall–Kier alpha value is -0.510. The second-order valence-electron chi connectivity index (χ2n) is 2.01. The van der Waals surface area contributed by atoms with Crippen molar-refractivity contribution < 1.29 is 14.6 Å². The van der Waals surface area contributed by atoms with Crippen molar-refractivity contribution in [2.75, 3.05) is 7.11 Å². The van der Waals surface area contributed by atoms with Crippen LogP contribution in [0.5, 0.6) is 5.75 Å². The number of hydrogen-bond donors (Lipinski definition) is 1. The summed E-state index contributed by atoms with van der Waals surface area (Å²) in [6.45, 7) is 0. The third-order valence-corrected chi connectivity index (χ3v) is 1.31. The number of rotatable bonds is 1. The van der Waals surface area contributed by atoms with Gasteiger partial charge in [-0.2, -0.15) is 0 Å². The Morgan fingerprint density at radius 2 is 1.92 bits per heavy atom. The molecule has 1 aromatic carbocycles. The zero-order valence-electron chi connectivity index (χ0n) is 8.07. The molecular formula is C9H11NaO3. The first kappa shape index (κ1) is 12.5. The molecule has 0 spiro atoms. The molecule has 13 heavy (non-hydrogen) atoms. The molecule has 66 valence electrons. The van der Waals surface area contributed by atoms with Gasteiger partial charge in [0, 0.05) is 0 Å². The van der Waals surface area contributed by atoms with Crippen LogP contribution in [0, 0.1) is 0 Å². The number of carbonyl (C=O) groups excluding carboxylic acids is 1. The molecule has 0 radical (unpaired) electrons. The van der Waals surface area contributed by atoms with Gasteiger partial charge in [0.1, 0.15) is 11.3 Å². The van der Waals surface area contributed by atoms with Crippen molar-refractivity contribution in [3.63, 3.8) is 0 Å². The van der Waals surface area contributed by atoms with Crippen LogP contribution in [0.1, 0.15) is 10.4 Å². The van der Waals surface area contributed by atoms with Crippen LogP contribution >= 0.6 is 0 Å². The molecule has 0 atom stereocenters. The first-order chi connectivity index (χ1) is 6.25. The van der Waals surface area contributed by atoms with Gasteiger partial charge in [0.05, 0.1) is 7.11 Å². The number of hydrogen-bond acceptors (Lipinski definition) is 3. The minimum atomic E-state index is -0.525. The van der Waals surface area contributed by atoms with E-state index in [-0.39, 0.29) is 11.3 Å². The third-order valence-electron chi connectivity index (χ3n) is 1.31. The number of benzene rings is 1. The summed E-state index contributed by atoms with van der Waals surface area (Å²) in [5.41, 5.74) is 0.190. The van der Waals surface area contributed by atoms with Crippen molar-refractivity contribution in [3.05, 3.63) is 29.8 Å². The second-order valence-corrected chi connectivity index (χ2v) is 2.01. The number of carbonyl (C=O) groups is 1. The maximum atomic E-state index is 10.9. The van der Waals surface area contributed by atoms with Crippen molar-refractivity contribution in [1.82, 2.24) is 0 Å². The Morgan fingerprint density at radius 3 is 2.38 bits per heavy atom. The van der Waals surface area contributed by atoms with Crippen LogP contribution in [0.3, 0.4) is 0 Å². The summed E-state index contributed by atoms with van der Waals surface area (Å²) in [5.74, 6) is -0.581. The minimum absolute atomic E-state index is 0.0562. The molecule has 0 saturated heterocycles. The quantitative estimate of drug-likeness (QED) is 0.537. The predicted molar refractivity (Wildman–Crippen MR) is 51.1 cm³/mol. The van der Waals surface area contributed by atoms with Crippen molar-refractivity contribution >= 4 is 33.9 Å². The first-order valence-electron chi connectivity index (χ1n) is 4.12. The van der Waals surface area contributed by atoms with Crippen molar-refractivity contribution in [1.29, 1.82) is 0 Å². The Labute approximate surface area is 95.1 Å². The average molecular weight is 190 g/mol. The van der Waals surface area contributed by atoms with E-state index >= 15 is 0 Å². The molecule has 0 aliphatic rings. The van der Waals surface area contributed by atoms with E-state index in [1.807, 2.05) is 0 Å². The summed E-state index contributed by atoms with van der Waals surface area (Å²) >= 11 is 1.31. The summed E-state index contributed by atoms with van der Waals surface area (Å²) in [6.07, 6.45) is 0. The topological polar surface area (TPSA) is 46.5 Å². The molecule has 1 rings (SSSR count). The molecule has 0 aliphatic carbocycles. The van der Waals surface area contributed by atoms with E-state index in [1.165, 1.54) is 47.2 Å². The van der Waals surface area contributed by atoms with E-state index < -0.39 is 5.97 Å². The number of phenols is 1. The van der Waals surface area contributed by atoms with Crippen LogP contribution in [0.15, 0.2) is 24.3 Å². The maximum absolute atomic E-state index is 10.9. The number of phenolic OH excluding ortho intramolecular Hbond substituents is 1. The van der Waals surface area contributed by atoms with Gasteiger partial charge in [0.2, 0.25) is 0 Å². The summed E-state index contributed by atoms with van der Waals surface area (Å²) in [6, 6.07) is 6.24. The van der Waals surface area contributed by atoms with Gasteiger partial charge in [-0.05, 0) is 12.1 Å². The summed E-state index contributed by atoms with van der Waals surface area (Å²) < 4.78 is 6.56. The molecule has 3 nitrogen and oxygen atoms in total. The van der Waals surface area contributed by atoms with E-state index in [9.17, 15) is 4.79 Å². The number of para-hydroxylation sites is 1. The van der Waals surface area contributed by atoms with E-state index in [2.05, 4.69) is 8.91 Å². The fraction of sp³-hybridized carbons (Fsp3) is 0.222. The van der Waals surface area contributed by atoms with Crippen LogP contribution in [0.25, 0.3) is 0 Å². The molecule has 0 bridgehead atoms. The number of aromatic hydroxyl groups is 1. The van der Waals surface area contributed by atoms with Gasteiger partial charge >= 0.3 is 38.1 Å². The van der Waals surface area contributed by atoms with Gasteiger partial charge in [-0.25, -0.2) is 4.79 Å². The third kappa shape index (κ3) is 3.81. The molecule has 0 unspecified atom stereocenters. The van der Waals surface area contributed by atoms with Crippen LogP contribution < -0.4 is 0 Å². The van der Waals surface area contributed by atoms with Crippen molar-refractivity contribution in [2.45, 2.75) is 4.17 Å². The van der Waals surface area contributed by atoms with Crippen molar-refractivity contribution in [2.24, 2.45) is 0 Å². The van der Waals surface area contributed by atoms with Crippen LogP contribution in [-0.2, 0) is 4.74 Å². The molecular weight excluding hydrogens is 179 g/mol. The molecule has 0 aromatic heterocycles. The van der Waals surface area contributed by atoms with E-state index in [0.29, 0.717) is 0 Å². The average Bonchev–Trinajstić information content (AvgIpc) is 2.20. The number of methoxy groups -OCH3 is 1. The zero-order chi connectivity index (χ0) is 10.3. The van der Waals surface area contributed by atoms with Crippen LogP contribution in [0.4, 0.5) is 0 Å². The Bertz CT molecular complexity index is 273. The van der Waals surface area contributed by atoms with Gasteiger partial charge in [-0.1, -0.05) is 12.1 Å². The van der Waals surface area contributed by atoms with Crippen molar-refractivity contribution in [3.8, 4) is 5.75 Å². The van der Waals surface area contributed by atoms with E-state index in [1.54, 1.807) is 12.1 Å². The summed E-state index contributed by atoms with van der Waals surface area (Å²) in [4.78, 5) is 10.9. The molecule has 1 aromatic rings. The Morgan fingerprint density at radius 1 is 1.38 bits per heavy atom. The van der Waals surface area contributed by atoms with Gasteiger partial charge in [-0.15, -0.1) is 0 Å². The molecule has 0 saturated carbocycles. The molecule has 0 amide bonds. The normalized spacial score (nSPS) is 8.31. The van der Waals surface area contributed by atoms with Crippen LogP contribution in [0.2, 0.25) is 4.17 Å². The van der Waals surface area contributed by atoms with Gasteiger partial charge in [0.25, 0.3) is 0 Å². The number of esters is 1. The van der Waals surface area contributed by atoms with Gasteiger partial charge in [-0.3, -0.25) is 0 Å². The molecule has 0 heterocycles. The Balaban J connectivity index is 0.000000671. The number of ether oxygens (including phenoxy) is 1. The molecule has 1 N–H and O–H groups in total. The summed E-state index contributed by atoms with van der Waals surface area (Å²) in [7, 11) is 1.27. The van der Waals surface area contributed by atoms with E-state index in [0.717, 1.165) is 0 Å². The van der Waals surface area contributed by atoms with Gasteiger partial charge in [0.15, 0.2) is 0 Å². The molecule has 0 fully saturated rings. The predicted octanol–water partition coefficient (Wildman–Crippen LogP) is 1.38. The fourth-order valence-corrected chi connectivity index (χ4v) is 0.756.